The maximum Gasteiger partial charge on any atom is 0.341 e. The minimum atomic E-state index is -0.912. The van der Waals surface area contributed by atoms with Gasteiger partial charge in [0.15, 0.2) is 6.61 Å². The summed E-state index contributed by atoms with van der Waals surface area (Å²) in [5.74, 6) is 0.591. The number of aliphatic carboxylic acids is 1. The van der Waals surface area contributed by atoms with E-state index in [1.807, 2.05) is 12.1 Å². The van der Waals surface area contributed by atoms with Crippen LogP contribution >= 0.6 is 0 Å². The third-order valence-electron chi connectivity index (χ3n) is 5.61. The van der Waals surface area contributed by atoms with Crippen molar-refractivity contribution >= 4 is 5.97 Å². The van der Waals surface area contributed by atoms with Gasteiger partial charge in [-0.05, 0) is 42.4 Å². The van der Waals surface area contributed by atoms with Crippen LogP contribution in [-0.4, -0.2) is 17.7 Å². The number of aryl methyl sites for hydroxylation is 1. The van der Waals surface area contributed by atoms with Crippen molar-refractivity contribution in [3.8, 4) is 5.75 Å². The zero-order valence-corrected chi connectivity index (χ0v) is 16.5. The van der Waals surface area contributed by atoms with Crippen LogP contribution in [0.15, 0.2) is 18.2 Å². The molecule has 0 bridgehead atoms. The van der Waals surface area contributed by atoms with Gasteiger partial charge in [-0.15, -0.1) is 0 Å². The fraction of sp³-hybridized carbons (Fsp3) is 0.696. The molecule has 0 aliphatic heterocycles. The Bertz CT molecular complexity index is 538. The van der Waals surface area contributed by atoms with Gasteiger partial charge in [-0.1, -0.05) is 83.3 Å². The third-order valence-corrected chi connectivity index (χ3v) is 5.61. The minimum Gasteiger partial charge on any atom is -0.482 e. The summed E-state index contributed by atoms with van der Waals surface area (Å²) >= 11 is 0. The van der Waals surface area contributed by atoms with Crippen LogP contribution in [0.25, 0.3) is 0 Å². The van der Waals surface area contributed by atoms with E-state index in [4.69, 9.17) is 9.84 Å². The van der Waals surface area contributed by atoms with Gasteiger partial charge in [-0.3, -0.25) is 0 Å². The Kier molecular flexibility index (Phi) is 9.58. The number of rotatable bonds is 13. The van der Waals surface area contributed by atoms with E-state index in [-0.39, 0.29) is 6.61 Å². The summed E-state index contributed by atoms with van der Waals surface area (Å²) in [7, 11) is 0. The largest absolute Gasteiger partial charge is 0.482 e. The van der Waals surface area contributed by atoms with Crippen LogP contribution in [0, 0.1) is 5.92 Å². The van der Waals surface area contributed by atoms with Crippen molar-refractivity contribution in [3.63, 3.8) is 0 Å². The summed E-state index contributed by atoms with van der Waals surface area (Å²) in [6.07, 6.45) is 17.1. The average molecular weight is 361 g/mol. The quantitative estimate of drug-likeness (QED) is 0.427. The SMILES string of the molecule is CCCCCCCCCCC[C@H]1CCc2cccc(OCC(=O)O)c2C1. The maximum absolute atomic E-state index is 10.8. The lowest BCUT2D eigenvalue weighted by atomic mass is 9.81. The Labute approximate surface area is 159 Å². The fourth-order valence-corrected chi connectivity index (χ4v) is 4.09. The number of carboxylic acids is 1. The molecule has 0 unspecified atom stereocenters. The van der Waals surface area contributed by atoms with Crippen LogP contribution in [0.5, 0.6) is 5.75 Å². The lowest BCUT2D eigenvalue weighted by Crippen LogP contribution is -2.17. The van der Waals surface area contributed by atoms with Crippen molar-refractivity contribution in [1.29, 1.82) is 0 Å². The van der Waals surface area contributed by atoms with E-state index in [2.05, 4.69) is 13.0 Å². The van der Waals surface area contributed by atoms with Crippen LogP contribution in [-0.2, 0) is 17.6 Å². The first-order valence-corrected chi connectivity index (χ1v) is 10.7. The molecule has 0 aromatic heterocycles. The van der Waals surface area contributed by atoms with Crippen LogP contribution in [0.1, 0.15) is 88.7 Å². The Morgan fingerprint density at radius 3 is 2.46 bits per heavy atom. The molecule has 1 atom stereocenters. The number of unbranched alkanes of at least 4 members (excludes halogenated alkanes) is 8. The first-order valence-electron chi connectivity index (χ1n) is 10.7. The monoisotopic (exact) mass is 360 g/mol. The molecule has 0 saturated heterocycles. The molecule has 0 spiro atoms. The molecule has 3 nitrogen and oxygen atoms in total. The molecule has 1 aliphatic rings. The molecule has 146 valence electrons. The zero-order valence-electron chi connectivity index (χ0n) is 16.5. The van der Waals surface area contributed by atoms with Gasteiger partial charge in [0, 0.05) is 0 Å². The Hall–Kier alpha value is -1.51. The van der Waals surface area contributed by atoms with Gasteiger partial charge in [0.05, 0.1) is 0 Å². The van der Waals surface area contributed by atoms with E-state index >= 15 is 0 Å². The number of hydrogen-bond donors (Lipinski definition) is 1. The molecular weight excluding hydrogens is 324 g/mol. The second-order valence-electron chi connectivity index (χ2n) is 7.80. The van der Waals surface area contributed by atoms with Crippen molar-refractivity contribution in [2.75, 3.05) is 6.61 Å². The normalized spacial score (nSPS) is 16.3. The molecule has 1 aromatic rings. The Morgan fingerprint density at radius 1 is 1.08 bits per heavy atom. The van der Waals surface area contributed by atoms with Gasteiger partial charge < -0.3 is 9.84 Å². The van der Waals surface area contributed by atoms with Gasteiger partial charge in [0.25, 0.3) is 0 Å². The smallest absolute Gasteiger partial charge is 0.341 e. The molecule has 1 aliphatic carbocycles. The van der Waals surface area contributed by atoms with Crippen LogP contribution < -0.4 is 4.74 Å². The summed E-state index contributed by atoms with van der Waals surface area (Å²) < 4.78 is 5.51. The molecule has 0 fully saturated rings. The lowest BCUT2D eigenvalue weighted by Gasteiger charge is -2.26. The maximum atomic E-state index is 10.8. The molecule has 0 saturated carbocycles. The van der Waals surface area contributed by atoms with Crippen LogP contribution in [0.4, 0.5) is 0 Å². The summed E-state index contributed by atoms with van der Waals surface area (Å²) in [6.45, 7) is 2.02. The van der Waals surface area contributed by atoms with Crippen molar-refractivity contribution in [2.45, 2.75) is 90.4 Å². The Morgan fingerprint density at radius 2 is 1.77 bits per heavy atom. The average Bonchev–Trinajstić information content (AvgIpc) is 2.65. The molecule has 0 heterocycles. The van der Waals surface area contributed by atoms with E-state index in [9.17, 15) is 4.79 Å². The molecule has 26 heavy (non-hydrogen) atoms. The molecule has 1 aromatic carbocycles. The van der Waals surface area contributed by atoms with Gasteiger partial charge in [0.2, 0.25) is 0 Å². The van der Waals surface area contributed by atoms with E-state index in [0.29, 0.717) is 0 Å². The Balaban J connectivity index is 1.67. The van der Waals surface area contributed by atoms with E-state index in [0.717, 1.165) is 24.5 Å². The highest BCUT2D eigenvalue weighted by molar-refractivity contribution is 5.68. The molecule has 3 heteroatoms. The predicted octanol–water partition coefficient (Wildman–Crippen LogP) is 6.18. The van der Waals surface area contributed by atoms with Gasteiger partial charge in [0.1, 0.15) is 5.75 Å². The number of benzene rings is 1. The van der Waals surface area contributed by atoms with Crippen LogP contribution in [0.3, 0.4) is 0 Å². The highest BCUT2D eigenvalue weighted by atomic mass is 16.5. The van der Waals surface area contributed by atoms with Crippen molar-refractivity contribution in [2.24, 2.45) is 5.92 Å². The van der Waals surface area contributed by atoms with Crippen molar-refractivity contribution < 1.29 is 14.6 Å². The zero-order chi connectivity index (χ0) is 18.6. The first kappa shape index (κ1) is 20.8. The number of hydrogen-bond acceptors (Lipinski definition) is 2. The number of carboxylic acid groups (broad SMARTS) is 1. The molecular formula is C23H36O3. The van der Waals surface area contributed by atoms with E-state index < -0.39 is 5.97 Å². The molecule has 0 radical (unpaired) electrons. The van der Waals surface area contributed by atoms with Gasteiger partial charge in [-0.25, -0.2) is 4.79 Å². The molecule has 2 rings (SSSR count). The summed E-state index contributed by atoms with van der Waals surface area (Å²) in [5, 5.41) is 8.85. The summed E-state index contributed by atoms with van der Waals surface area (Å²) in [4.78, 5) is 10.8. The molecule has 0 amide bonds. The highest BCUT2D eigenvalue weighted by Crippen LogP contribution is 2.34. The number of ether oxygens (including phenoxy) is 1. The van der Waals surface area contributed by atoms with E-state index in [1.165, 1.54) is 81.8 Å². The third kappa shape index (κ3) is 7.39. The predicted molar refractivity (Wildman–Crippen MR) is 107 cm³/mol. The summed E-state index contributed by atoms with van der Waals surface area (Å²) in [5.41, 5.74) is 2.59. The second kappa shape index (κ2) is 12.0. The topological polar surface area (TPSA) is 46.5 Å². The van der Waals surface area contributed by atoms with Gasteiger partial charge >= 0.3 is 5.97 Å². The standard InChI is InChI=1S/C23H36O3/c1-2-3-4-5-6-7-8-9-10-12-19-15-16-20-13-11-14-22(21(20)17-19)26-18-23(24)25/h11,13-14,19H,2-10,12,15-18H2,1H3,(H,24,25)/t19-/m0/s1. The summed E-state index contributed by atoms with van der Waals surface area (Å²) in [6, 6.07) is 6.07. The highest BCUT2D eigenvalue weighted by Gasteiger charge is 2.21. The first-order chi connectivity index (χ1) is 12.7. The number of fused-ring (bicyclic) bond motifs is 1. The minimum absolute atomic E-state index is 0.251. The van der Waals surface area contributed by atoms with Crippen LogP contribution in [0.2, 0.25) is 0 Å². The fourth-order valence-electron chi connectivity index (χ4n) is 4.09. The lowest BCUT2D eigenvalue weighted by molar-refractivity contribution is -0.139. The molecule has 1 N–H and O–H groups in total. The second-order valence-corrected chi connectivity index (χ2v) is 7.80. The number of carbonyl (C=O) groups is 1. The van der Waals surface area contributed by atoms with Crippen molar-refractivity contribution in [3.05, 3.63) is 29.3 Å². The van der Waals surface area contributed by atoms with Gasteiger partial charge in [-0.2, -0.15) is 0 Å². The van der Waals surface area contributed by atoms with Crippen molar-refractivity contribution in [1.82, 2.24) is 0 Å². The van der Waals surface area contributed by atoms with E-state index in [1.54, 1.807) is 0 Å².